The summed E-state index contributed by atoms with van der Waals surface area (Å²) >= 11 is 1.45. The summed E-state index contributed by atoms with van der Waals surface area (Å²) in [5.74, 6) is 0.111. The van der Waals surface area contributed by atoms with Crippen molar-refractivity contribution in [2.45, 2.75) is 18.8 Å². The number of benzene rings is 1. The van der Waals surface area contributed by atoms with Crippen molar-refractivity contribution in [3.63, 3.8) is 0 Å². The first kappa shape index (κ1) is 11.4. The molecule has 4 heteroatoms. The third-order valence-electron chi connectivity index (χ3n) is 3.31. The predicted octanol–water partition coefficient (Wildman–Crippen LogP) is 2.81. The Kier molecular flexibility index (Phi) is 2.88. The number of hydrogen-bond acceptors (Lipinski definition) is 4. The number of fused-ring (bicyclic) bond motifs is 1. The van der Waals surface area contributed by atoms with E-state index in [0.29, 0.717) is 10.8 Å². The van der Waals surface area contributed by atoms with Crippen molar-refractivity contribution in [1.82, 2.24) is 4.98 Å². The fourth-order valence-electron chi connectivity index (χ4n) is 2.40. The van der Waals surface area contributed by atoms with Crippen LogP contribution < -0.4 is 0 Å². The molecule has 0 radical (unpaired) electrons. The topological polar surface area (TPSA) is 39.2 Å². The highest BCUT2D eigenvalue weighted by Gasteiger charge is 2.25. The second kappa shape index (κ2) is 4.53. The lowest BCUT2D eigenvalue weighted by molar-refractivity contribution is 0.0606. The Labute approximate surface area is 109 Å². The molecule has 3 rings (SSSR count). The normalized spacial score (nSPS) is 14.5. The summed E-state index contributed by atoms with van der Waals surface area (Å²) in [4.78, 5) is 16.4. The van der Waals surface area contributed by atoms with E-state index in [9.17, 15) is 4.79 Å². The summed E-state index contributed by atoms with van der Waals surface area (Å²) in [5, 5.41) is 1.03. The van der Waals surface area contributed by atoms with Crippen LogP contribution in [0, 0.1) is 0 Å². The maximum Gasteiger partial charge on any atom is 0.349 e. The molecule has 0 spiro atoms. The van der Waals surface area contributed by atoms with E-state index in [4.69, 9.17) is 4.74 Å². The molecule has 1 heterocycles. The summed E-state index contributed by atoms with van der Waals surface area (Å²) in [6.45, 7) is 0. The van der Waals surface area contributed by atoms with E-state index in [-0.39, 0.29) is 5.97 Å². The second-order valence-electron chi connectivity index (χ2n) is 4.43. The van der Waals surface area contributed by atoms with Crippen molar-refractivity contribution in [3.05, 3.63) is 51.5 Å². The van der Waals surface area contributed by atoms with Gasteiger partial charge in [-0.15, -0.1) is 11.3 Å². The summed E-state index contributed by atoms with van der Waals surface area (Å²) in [5.41, 5.74) is 2.80. The van der Waals surface area contributed by atoms with Crippen molar-refractivity contribution >= 4 is 17.3 Å². The molecule has 1 aromatic carbocycles. The van der Waals surface area contributed by atoms with Gasteiger partial charge in [0.2, 0.25) is 0 Å². The SMILES string of the molecule is COC(=O)c1cnc(C2Cc3ccccc3C2)s1. The first-order valence-electron chi connectivity index (χ1n) is 5.88. The van der Waals surface area contributed by atoms with Gasteiger partial charge in [0.1, 0.15) is 4.88 Å². The van der Waals surface area contributed by atoms with Gasteiger partial charge in [0.15, 0.2) is 0 Å². The molecule has 0 unspecified atom stereocenters. The highest BCUT2D eigenvalue weighted by Crippen LogP contribution is 2.35. The Morgan fingerprint density at radius 2 is 2.00 bits per heavy atom. The molecule has 1 aromatic heterocycles. The van der Waals surface area contributed by atoms with Crippen LogP contribution in [-0.4, -0.2) is 18.1 Å². The monoisotopic (exact) mass is 259 g/mol. The average molecular weight is 259 g/mol. The molecule has 0 N–H and O–H groups in total. The molecule has 18 heavy (non-hydrogen) atoms. The highest BCUT2D eigenvalue weighted by molar-refractivity contribution is 7.13. The standard InChI is InChI=1S/C14H13NO2S/c1-17-14(16)12-8-15-13(18-12)11-6-9-4-2-3-5-10(9)7-11/h2-5,8,11H,6-7H2,1H3. The van der Waals surface area contributed by atoms with Crippen molar-refractivity contribution in [2.75, 3.05) is 7.11 Å². The minimum absolute atomic E-state index is 0.297. The van der Waals surface area contributed by atoms with Gasteiger partial charge < -0.3 is 4.74 Å². The zero-order chi connectivity index (χ0) is 12.5. The number of carbonyl (C=O) groups excluding carboxylic acids is 1. The molecule has 0 amide bonds. The number of carbonyl (C=O) groups is 1. The number of hydrogen-bond donors (Lipinski definition) is 0. The van der Waals surface area contributed by atoms with Crippen LogP contribution in [-0.2, 0) is 17.6 Å². The third-order valence-corrected chi connectivity index (χ3v) is 4.45. The van der Waals surface area contributed by atoms with E-state index in [1.807, 2.05) is 0 Å². The minimum Gasteiger partial charge on any atom is -0.465 e. The van der Waals surface area contributed by atoms with Crippen molar-refractivity contribution in [1.29, 1.82) is 0 Å². The number of nitrogens with zero attached hydrogens (tertiary/aromatic N) is 1. The predicted molar refractivity (Wildman–Crippen MR) is 70.0 cm³/mol. The smallest absolute Gasteiger partial charge is 0.349 e. The van der Waals surface area contributed by atoms with E-state index >= 15 is 0 Å². The van der Waals surface area contributed by atoms with Crippen molar-refractivity contribution in [3.8, 4) is 0 Å². The third kappa shape index (κ3) is 1.93. The molecule has 0 saturated carbocycles. The number of aromatic nitrogens is 1. The van der Waals surface area contributed by atoms with Crippen LogP contribution in [0.3, 0.4) is 0 Å². The number of esters is 1. The van der Waals surface area contributed by atoms with Crippen LogP contribution in [0.4, 0.5) is 0 Å². The van der Waals surface area contributed by atoms with Gasteiger partial charge in [-0.2, -0.15) is 0 Å². The quantitative estimate of drug-likeness (QED) is 0.778. The Hall–Kier alpha value is -1.68. The first-order chi connectivity index (χ1) is 8.78. The zero-order valence-electron chi connectivity index (χ0n) is 10.1. The van der Waals surface area contributed by atoms with Crippen LogP contribution >= 0.6 is 11.3 Å². The molecule has 0 saturated heterocycles. The fourth-order valence-corrected chi connectivity index (χ4v) is 3.34. The van der Waals surface area contributed by atoms with Gasteiger partial charge in [0, 0.05) is 5.92 Å². The summed E-state index contributed by atoms with van der Waals surface area (Å²) in [7, 11) is 1.40. The number of methoxy groups -OCH3 is 1. The van der Waals surface area contributed by atoms with Gasteiger partial charge in [-0.1, -0.05) is 24.3 Å². The van der Waals surface area contributed by atoms with E-state index < -0.39 is 0 Å². The van der Waals surface area contributed by atoms with Crippen LogP contribution in [0.15, 0.2) is 30.5 Å². The van der Waals surface area contributed by atoms with Gasteiger partial charge >= 0.3 is 5.97 Å². The Morgan fingerprint density at radius 1 is 1.33 bits per heavy atom. The summed E-state index contributed by atoms with van der Waals surface area (Å²) < 4.78 is 4.71. The first-order valence-corrected chi connectivity index (χ1v) is 6.70. The van der Waals surface area contributed by atoms with Crippen LogP contribution in [0.5, 0.6) is 0 Å². The molecule has 3 nitrogen and oxygen atoms in total. The molecule has 1 aliphatic rings. The number of thiazole rings is 1. The highest BCUT2D eigenvalue weighted by atomic mass is 32.1. The fraction of sp³-hybridized carbons (Fsp3) is 0.286. The van der Waals surface area contributed by atoms with Crippen LogP contribution in [0.1, 0.15) is 31.7 Å². The second-order valence-corrected chi connectivity index (χ2v) is 5.49. The van der Waals surface area contributed by atoms with Gasteiger partial charge in [-0.05, 0) is 24.0 Å². The number of ether oxygens (including phenoxy) is 1. The van der Waals surface area contributed by atoms with E-state index in [0.717, 1.165) is 17.8 Å². The van der Waals surface area contributed by atoms with Gasteiger partial charge in [-0.25, -0.2) is 9.78 Å². The molecular formula is C14H13NO2S. The van der Waals surface area contributed by atoms with Gasteiger partial charge in [-0.3, -0.25) is 0 Å². The van der Waals surface area contributed by atoms with Crippen LogP contribution in [0.25, 0.3) is 0 Å². The molecule has 0 bridgehead atoms. The van der Waals surface area contributed by atoms with Crippen molar-refractivity contribution in [2.24, 2.45) is 0 Å². The summed E-state index contributed by atoms with van der Waals surface area (Å²) in [6, 6.07) is 8.49. The number of rotatable bonds is 2. The Morgan fingerprint density at radius 3 is 2.61 bits per heavy atom. The lowest BCUT2D eigenvalue weighted by Crippen LogP contribution is -1.97. The molecule has 0 fully saturated rings. The minimum atomic E-state index is -0.297. The largest absolute Gasteiger partial charge is 0.465 e. The Balaban J connectivity index is 1.82. The van der Waals surface area contributed by atoms with Crippen LogP contribution in [0.2, 0.25) is 0 Å². The average Bonchev–Trinajstić information content (AvgIpc) is 3.03. The molecule has 0 aliphatic heterocycles. The van der Waals surface area contributed by atoms with E-state index in [1.165, 1.54) is 29.6 Å². The van der Waals surface area contributed by atoms with Gasteiger partial charge in [0.25, 0.3) is 0 Å². The lowest BCUT2D eigenvalue weighted by Gasteiger charge is -2.02. The molecule has 2 aromatic rings. The van der Waals surface area contributed by atoms with Gasteiger partial charge in [0.05, 0.1) is 18.3 Å². The maximum absolute atomic E-state index is 11.4. The maximum atomic E-state index is 11.4. The molecule has 0 atom stereocenters. The van der Waals surface area contributed by atoms with Crippen molar-refractivity contribution < 1.29 is 9.53 Å². The Bertz CT molecular complexity index is 566. The zero-order valence-corrected chi connectivity index (χ0v) is 10.9. The van der Waals surface area contributed by atoms with E-state index in [2.05, 4.69) is 29.2 Å². The molecular weight excluding hydrogens is 246 g/mol. The van der Waals surface area contributed by atoms with E-state index in [1.54, 1.807) is 6.20 Å². The summed E-state index contributed by atoms with van der Waals surface area (Å²) in [6.07, 6.45) is 3.66. The lowest BCUT2D eigenvalue weighted by atomic mass is 10.1. The molecule has 1 aliphatic carbocycles. The molecule has 92 valence electrons.